The number of nitrogens with two attached hydrogens (primary N) is 1. The van der Waals surface area contributed by atoms with Crippen molar-refractivity contribution in [1.29, 1.82) is 0 Å². The first-order chi connectivity index (χ1) is 7.03. The summed E-state index contributed by atoms with van der Waals surface area (Å²) in [5.74, 6) is 0.935. The maximum atomic E-state index is 9.73. The van der Waals surface area contributed by atoms with E-state index < -0.39 is 5.60 Å². The van der Waals surface area contributed by atoms with Gasteiger partial charge in [-0.2, -0.15) is 0 Å². The highest BCUT2D eigenvalue weighted by Gasteiger charge is 2.20. The van der Waals surface area contributed by atoms with E-state index in [0.717, 1.165) is 25.3 Å². The Morgan fingerprint density at radius 3 is 2.60 bits per heavy atom. The van der Waals surface area contributed by atoms with E-state index in [1.54, 1.807) is 0 Å². The van der Waals surface area contributed by atoms with Crippen LogP contribution in [0.5, 0.6) is 0 Å². The molecule has 3 nitrogen and oxygen atoms in total. The van der Waals surface area contributed by atoms with Crippen molar-refractivity contribution in [2.75, 3.05) is 26.7 Å². The van der Waals surface area contributed by atoms with Crippen LogP contribution < -0.4 is 5.73 Å². The first-order valence-electron chi connectivity index (χ1n) is 6.14. The molecule has 90 valence electrons. The van der Waals surface area contributed by atoms with Gasteiger partial charge in [0.05, 0.1) is 5.60 Å². The summed E-state index contributed by atoms with van der Waals surface area (Å²) in [6, 6.07) is 0. The second-order valence-corrected chi connectivity index (χ2v) is 5.36. The summed E-state index contributed by atoms with van der Waals surface area (Å²) >= 11 is 0. The quantitative estimate of drug-likeness (QED) is 0.669. The fourth-order valence-electron chi connectivity index (χ4n) is 2.04. The molecule has 1 saturated carbocycles. The molecular formula is C12H26N2O. The topological polar surface area (TPSA) is 49.5 Å². The average molecular weight is 214 g/mol. The van der Waals surface area contributed by atoms with Gasteiger partial charge in [0.1, 0.15) is 0 Å². The van der Waals surface area contributed by atoms with Crippen LogP contribution in [0.1, 0.15) is 39.0 Å². The Hall–Kier alpha value is -0.120. The lowest BCUT2D eigenvalue weighted by Gasteiger charge is -2.30. The summed E-state index contributed by atoms with van der Waals surface area (Å²) in [5.41, 5.74) is 4.80. The molecule has 0 aliphatic heterocycles. The Balaban J connectivity index is 2.03. The molecule has 0 bridgehead atoms. The third-order valence-corrected chi connectivity index (χ3v) is 3.49. The molecule has 0 spiro atoms. The molecule has 3 N–H and O–H groups in total. The SMILES string of the molecule is CN(CCCC(C)(O)CN)CC1CCC1. The zero-order valence-electron chi connectivity index (χ0n) is 10.2. The van der Waals surface area contributed by atoms with E-state index >= 15 is 0 Å². The van der Waals surface area contributed by atoms with Crippen LogP contribution in [0.4, 0.5) is 0 Å². The molecule has 1 fully saturated rings. The lowest BCUT2D eigenvalue weighted by atomic mass is 9.85. The van der Waals surface area contributed by atoms with Crippen LogP contribution in [0.3, 0.4) is 0 Å². The second-order valence-electron chi connectivity index (χ2n) is 5.36. The lowest BCUT2D eigenvalue weighted by molar-refractivity contribution is 0.0543. The first-order valence-corrected chi connectivity index (χ1v) is 6.14. The summed E-state index contributed by atoms with van der Waals surface area (Å²) < 4.78 is 0. The largest absolute Gasteiger partial charge is 0.389 e. The van der Waals surface area contributed by atoms with Gasteiger partial charge in [-0.3, -0.25) is 0 Å². The highest BCUT2D eigenvalue weighted by Crippen LogP contribution is 2.26. The van der Waals surface area contributed by atoms with E-state index in [4.69, 9.17) is 5.73 Å². The van der Waals surface area contributed by atoms with E-state index in [0.29, 0.717) is 6.54 Å². The molecule has 0 aromatic carbocycles. The number of aliphatic hydroxyl groups is 1. The summed E-state index contributed by atoms with van der Waals surface area (Å²) in [4.78, 5) is 2.39. The van der Waals surface area contributed by atoms with Crippen LogP contribution in [0, 0.1) is 5.92 Å². The molecule has 0 saturated heterocycles. The van der Waals surface area contributed by atoms with E-state index in [9.17, 15) is 5.11 Å². The van der Waals surface area contributed by atoms with Crippen molar-refractivity contribution in [3.05, 3.63) is 0 Å². The van der Waals surface area contributed by atoms with Crippen molar-refractivity contribution in [2.45, 2.75) is 44.6 Å². The highest BCUT2D eigenvalue weighted by molar-refractivity contribution is 4.75. The van der Waals surface area contributed by atoms with Crippen molar-refractivity contribution in [2.24, 2.45) is 11.7 Å². The van der Waals surface area contributed by atoms with Crippen LogP contribution in [0.15, 0.2) is 0 Å². The number of hydrogen-bond donors (Lipinski definition) is 2. The Kier molecular flexibility index (Phi) is 5.03. The first kappa shape index (κ1) is 12.9. The maximum absolute atomic E-state index is 9.73. The average Bonchev–Trinajstić information content (AvgIpc) is 2.11. The van der Waals surface area contributed by atoms with Crippen molar-refractivity contribution in [3.63, 3.8) is 0 Å². The number of nitrogens with zero attached hydrogens (tertiary/aromatic N) is 1. The molecule has 0 heterocycles. The van der Waals surface area contributed by atoms with Gasteiger partial charge in [0, 0.05) is 13.1 Å². The zero-order valence-corrected chi connectivity index (χ0v) is 10.2. The second kappa shape index (κ2) is 5.83. The van der Waals surface area contributed by atoms with Gasteiger partial charge >= 0.3 is 0 Å². The van der Waals surface area contributed by atoms with Gasteiger partial charge in [-0.05, 0) is 52.1 Å². The van der Waals surface area contributed by atoms with Crippen molar-refractivity contribution < 1.29 is 5.11 Å². The summed E-state index contributed by atoms with van der Waals surface area (Å²) in [6.07, 6.45) is 6.07. The van der Waals surface area contributed by atoms with Gasteiger partial charge in [-0.1, -0.05) is 6.42 Å². The van der Waals surface area contributed by atoms with Crippen molar-refractivity contribution in [1.82, 2.24) is 4.90 Å². The minimum atomic E-state index is -0.669. The molecule has 15 heavy (non-hydrogen) atoms. The monoisotopic (exact) mass is 214 g/mol. The summed E-state index contributed by atoms with van der Waals surface area (Å²) in [5, 5.41) is 9.73. The standard InChI is InChI=1S/C12H26N2O/c1-12(15,10-13)7-4-8-14(2)9-11-5-3-6-11/h11,15H,3-10,13H2,1-2H3. The Morgan fingerprint density at radius 1 is 1.47 bits per heavy atom. The Bertz CT molecular complexity index is 178. The van der Waals surface area contributed by atoms with E-state index in [1.165, 1.54) is 25.8 Å². The van der Waals surface area contributed by atoms with Crippen LogP contribution in [0.2, 0.25) is 0 Å². The van der Waals surface area contributed by atoms with Gasteiger partial charge in [0.25, 0.3) is 0 Å². The fraction of sp³-hybridized carbons (Fsp3) is 1.00. The minimum Gasteiger partial charge on any atom is -0.389 e. The van der Waals surface area contributed by atoms with Crippen molar-refractivity contribution in [3.8, 4) is 0 Å². The highest BCUT2D eigenvalue weighted by atomic mass is 16.3. The van der Waals surface area contributed by atoms with Gasteiger partial charge in [-0.25, -0.2) is 0 Å². The molecule has 0 aromatic heterocycles. The molecule has 3 heteroatoms. The Morgan fingerprint density at radius 2 is 2.13 bits per heavy atom. The predicted molar refractivity (Wildman–Crippen MR) is 63.8 cm³/mol. The van der Waals surface area contributed by atoms with Gasteiger partial charge in [0.15, 0.2) is 0 Å². The van der Waals surface area contributed by atoms with Crippen LogP contribution in [-0.2, 0) is 0 Å². The summed E-state index contributed by atoms with van der Waals surface area (Å²) in [7, 11) is 2.18. The van der Waals surface area contributed by atoms with E-state index in [1.807, 2.05) is 6.92 Å². The molecule has 1 atom stereocenters. The molecule has 1 aliphatic rings. The van der Waals surface area contributed by atoms with Crippen LogP contribution in [0.25, 0.3) is 0 Å². The maximum Gasteiger partial charge on any atom is 0.0741 e. The normalized spacial score (nSPS) is 21.4. The van der Waals surface area contributed by atoms with E-state index in [-0.39, 0.29) is 0 Å². The third-order valence-electron chi connectivity index (χ3n) is 3.49. The molecule has 0 radical (unpaired) electrons. The number of hydrogen-bond acceptors (Lipinski definition) is 3. The smallest absolute Gasteiger partial charge is 0.0741 e. The third kappa shape index (κ3) is 4.96. The van der Waals surface area contributed by atoms with Crippen LogP contribution in [-0.4, -0.2) is 42.3 Å². The molecule has 1 aliphatic carbocycles. The summed E-state index contributed by atoms with van der Waals surface area (Å²) in [6.45, 7) is 4.48. The minimum absolute atomic E-state index is 0.360. The zero-order chi connectivity index (χ0) is 11.3. The Labute approximate surface area is 93.6 Å². The molecule has 1 unspecified atom stereocenters. The van der Waals surface area contributed by atoms with Crippen molar-refractivity contribution >= 4 is 0 Å². The molecule has 0 amide bonds. The fourth-order valence-corrected chi connectivity index (χ4v) is 2.04. The lowest BCUT2D eigenvalue weighted by Crippen LogP contribution is -2.36. The number of rotatable bonds is 7. The molecule has 1 rings (SSSR count). The molecule has 0 aromatic rings. The molecular weight excluding hydrogens is 188 g/mol. The van der Waals surface area contributed by atoms with Gasteiger partial charge in [0.2, 0.25) is 0 Å². The van der Waals surface area contributed by atoms with Gasteiger partial charge < -0.3 is 15.7 Å². The van der Waals surface area contributed by atoms with E-state index in [2.05, 4.69) is 11.9 Å². The predicted octanol–water partition coefficient (Wildman–Crippen LogP) is 1.21. The van der Waals surface area contributed by atoms with Gasteiger partial charge in [-0.15, -0.1) is 0 Å². The van der Waals surface area contributed by atoms with Crippen LogP contribution >= 0.6 is 0 Å².